The fraction of sp³-hybridized carbons (Fsp3) is 0. The minimum absolute atomic E-state index is 0.0969. The van der Waals surface area contributed by atoms with Gasteiger partial charge in [-0.25, -0.2) is 0 Å². The number of hydrogen-bond acceptors (Lipinski definition) is 6. The maximum Gasteiger partial charge on any atom is 0.294 e. The van der Waals surface area contributed by atoms with Crippen molar-refractivity contribution in [2.75, 3.05) is 0 Å². The Morgan fingerprint density at radius 1 is 0.833 bits per heavy atom. The molecule has 3 N–H and O–H groups in total. The van der Waals surface area contributed by atoms with Crippen LogP contribution in [0.4, 0.5) is 11.4 Å². The van der Waals surface area contributed by atoms with Crippen LogP contribution in [0.2, 0.25) is 0 Å². The van der Waals surface area contributed by atoms with Crippen LogP contribution in [0.15, 0.2) is 69.7 Å². The third kappa shape index (κ3) is 3.19. The quantitative estimate of drug-likeness (QED) is 0.491. The van der Waals surface area contributed by atoms with Crippen molar-refractivity contribution in [1.82, 2.24) is 0 Å². The van der Waals surface area contributed by atoms with Crippen LogP contribution in [0.25, 0.3) is 10.8 Å². The zero-order chi connectivity index (χ0) is 17.3. The summed E-state index contributed by atoms with van der Waals surface area (Å²) in [6.45, 7) is 0. The van der Waals surface area contributed by atoms with E-state index >= 15 is 0 Å². The lowest BCUT2D eigenvalue weighted by Gasteiger charge is -2.05. The first-order valence-corrected chi connectivity index (χ1v) is 8.22. The lowest BCUT2D eigenvalue weighted by atomic mass is 10.1. The van der Waals surface area contributed by atoms with Gasteiger partial charge in [-0.15, -0.1) is 5.11 Å². The summed E-state index contributed by atoms with van der Waals surface area (Å²) in [7, 11) is -4.32. The van der Waals surface area contributed by atoms with Gasteiger partial charge in [-0.3, -0.25) is 4.55 Å². The van der Waals surface area contributed by atoms with E-state index in [2.05, 4.69) is 10.2 Å². The van der Waals surface area contributed by atoms with Crippen LogP contribution < -0.4 is 0 Å². The summed E-state index contributed by atoms with van der Waals surface area (Å²) in [6, 6.07) is 12.8. The molecule has 7 nitrogen and oxygen atoms in total. The molecule has 0 aliphatic heterocycles. The normalized spacial score (nSPS) is 12.0. The Bertz CT molecular complexity index is 1040. The van der Waals surface area contributed by atoms with E-state index in [9.17, 15) is 18.6 Å². The minimum atomic E-state index is -4.32. The van der Waals surface area contributed by atoms with Crippen LogP contribution in [-0.4, -0.2) is 23.2 Å². The monoisotopic (exact) mass is 344 g/mol. The number of rotatable bonds is 3. The first kappa shape index (κ1) is 15.9. The van der Waals surface area contributed by atoms with Crippen molar-refractivity contribution >= 4 is 32.3 Å². The van der Waals surface area contributed by atoms with Gasteiger partial charge in [0.2, 0.25) is 0 Å². The molecule has 0 aliphatic carbocycles. The van der Waals surface area contributed by atoms with E-state index in [0.29, 0.717) is 16.5 Å². The lowest BCUT2D eigenvalue weighted by Crippen LogP contribution is -1.97. The van der Waals surface area contributed by atoms with Crippen LogP contribution in [0.5, 0.6) is 11.5 Å². The maximum absolute atomic E-state index is 11.2. The second-order valence-corrected chi connectivity index (χ2v) is 6.43. The Morgan fingerprint density at radius 3 is 2.21 bits per heavy atom. The summed E-state index contributed by atoms with van der Waals surface area (Å²) >= 11 is 0. The van der Waals surface area contributed by atoms with E-state index in [1.165, 1.54) is 42.5 Å². The van der Waals surface area contributed by atoms with Crippen molar-refractivity contribution in [3.05, 3.63) is 54.6 Å². The number of benzene rings is 3. The molecule has 3 aromatic rings. The maximum atomic E-state index is 11.2. The third-order valence-electron chi connectivity index (χ3n) is 3.35. The van der Waals surface area contributed by atoms with E-state index in [-0.39, 0.29) is 22.1 Å². The Labute approximate surface area is 137 Å². The molecule has 0 aliphatic rings. The Balaban J connectivity index is 2.10. The molecule has 122 valence electrons. The van der Waals surface area contributed by atoms with E-state index < -0.39 is 10.1 Å². The Morgan fingerprint density at radius 2 is 1.54 bits per heavy atom. The van der Waals surface area contributed by atoms with Gasteiger partial charge in [0, 0.05) is 5.39 Å². The molecule has 8 heteroatoms. The average molecular weight is 344 g/mol. The fourth-order valence-electron chi connectivity index (χ4n) is 2.17. The van der Waals surface area contributed by atoms with Crippen LogP contribution >= 0.6 is 0 Å². The highest BCUT2D eigenvalue weighted by Crippen LogP contribution is 2.37. The van der Waals surface area contributed by atoms with E-state index in [0.717, 1.165) is 0 Å². The molecule has 3 aromatic carbocycles. The highest BCUT2D eigenvalue weighted by molar-refractivity contribution is 7.85. The molecule has 0 radical (unpaired) electrons. The SMILES string of the molecule is O=S(=O)(O)c1ccc2c(N=Nc3ccc(O)cc3)c(O)ccc2c1. The molecule has 0 saturated carbocycles. The second kappa shape index (κ2) is 5.91. The summed E-state index contributed by atoms with van der Waals surface area (Å²) in [5.41, 5.74) is 0.640. The first-order valence-electron chi connectivity index (χ1n) is 6.78. The number of nitrogens with zero attached hydrogens (tertiary/aromatic N) is 2. The zero-order valence-electron chi connectivity index (χ0n) is 12.2. The van der Waals surface area contributed by atoms with Crippen LogP contribution in [0, 0.1) is 0 Å². The molecule has 24 heavy (non-hydrogen) atoms. The largest absolute Gasteiger partial charge is 0.508 e. The molecule has 3 rings (SSSR count). The van der Waals surface area contributed by atoms with E-state index in [4.69, 9.17) is 4.55 Å². The Kier molecular flexibility index (Phi) is 3.92. The van der Waals surface area contributed by atoms with Crippen molar-refractivity contribution in [1.29, 1.82) is 0 Å². The van der Waals surface area contributed by atoms with Gasteiger partial charge in [-0.1, -0.05) is 12.1 Å². The lowest BCUT2D eigenvalue weighted by molar-refractivity contribution is 0.475. The summed E-state index contributed by atoms with van der Waals surface area (Å²) in [6.07, 6.45) is 0. The molecule has 0 aromatic heterocycles. The first-order chi connectivity index (χ1) is 11.3. The Hall–Kier alpha value is -2.97. The molecular formula is C16H12N2O5S. The number of fused-ring (bicyclic) bond motifs is 1. The van der Waals surface area contributed by atoms with E-state index in [1.807, 2.05) is 0 Å². The molecule has 0 bridgehead atoms. The summed E-state index contributed by atoms with van der Waals surface area (Å²) in [4.78, 5) is -0.248. The molecule has 0 heterocycles. The van der Waals surface area contributed by atoms with Crippen molar-refractivity contribution in [2.24, 2.45) is 10.2 Å². The summed E-state index contributed by atoms with van der Waals surface area (Å²) < 4.78 is 31.5. The van der Waals surface area contributed by atoms with Gasteiger partial charge in [0.25, 0.3) is 10.1 Å². The van der Waals surface area contributed by atoms with Gasteiger partial charge in [-0.05, 0) is 47.9 Å². The second-order valence-electron chi connectivity index (χ2n) is 5.01. The van der Waals surface area contributed by atoms with Gasteiger partial charge in [0.05, 0.1) is 10.6 Å². The minimum Gasteiger partial charge on any atom is -0.508 e. The van der Waals surface area contributed by atoms with Crippen molar-refractivity contribution in [3.63, 3.8) is 0 Å². The number of hydrogen-bond donors (Lipinski definition) is 3. The predicted molar refractivity (Wildman–Crippen MR) is 87.7 cm³/mol. The highest BCUT2D eigenvalue weighted by Gasteiger charge is 2.13. The average Bonchev–Trinajstić information content (AvgIpc) is 2.54. The van der Waals surface area contributed by atoms with Crippen molar-refractivity contribution in [3.8, 4) is 11.5 Å². The molecule has 0 fully saturated rings. The van der Waals surface area contributed by atoms with Crippen LogP contribution in [0.1, 0.15) is 0 Å². The molecular weight excluding hydrogens is 332 g/mol. The molecule has 0 spiro atoms. The van der Waals surface area contributed by atoms with Crippen LogP contribution in [0.3, 0.4) is 0 Å². The molecule has 0 amide bonds. The smallest absolute Gasteiger partial charge is 0.294 e. The standard InChI is InChI=1S/C16H12N2O5S/c19-12-4-2-11(3-5-12)17-18-16-14-7-6-13(24(21,22)23)9-10(14)1-8-15(16)20/h1-9,19-20H,(H,21,22,23). The fourth-order valence-corrected chi connectivity index (χ4v) is 2.69. The number of aromatic hydroxyl groups is 2. The summed E-state index contributed by atoms with van der Waals surface area (Å²) in [5, 5.41) is 28.2. The highest BCUT2D eigenvalue weighted by atomic mass is 32.2. The number of phenols is 2. The topological polar surface area (TPSA) is 120 Å². The van der Waals surface area contributed by atoms with Gasteiger partial charge >= 0.3 is 0 Å². The third-order valence-corrected chi connectivity index (χ3v) is 4.20. The van der Waals surface area contributed by atoms with Gasteiger partial charge in [0.1, 0.15) is 17.2 Å². The van der Waals surface area contributed by atoms with Crippen molar-refractivity contribution < 1.29 is 23.2 Å². The van der Waals surface area contributed by atoms with E-state index in [1.54, 1.807) is 12.1 Å². The molecule has 0 saturated heterocycles. The van der Waals surface area contributed by atoms with Gasteiger partial charge in [0.15, 0.2) is 0 Å². The number of azo groups is 1. The summed E-state index contributed by atoms with van der Waals surface area (Å²) in [5.74, 6) is -0.0238. The van der Waals surface area contributed by atoms with Crippen LogP contribution in [-0.2, 0) is 10.1 Å². The molecule has 0 unspecified atom stereocenters. The van der Waals surface area contributed by atoms with Crippen molar-refractivity contribution in [2.45, 2.75) is 4.90 Å². The predicted octanol–water partition coefficient (Wildman–Crippen LogP) is 3.91. The zero-order valence-corrected chi connectivity index (χ0v) is 13.0. The molecule has 0 atom stereocenters. The van der Waals surface area contributed by atoms with Gasteiger partial charge < -0.3 is 10.2 Å². The van der Waals surface area contributed by atoms with Gasteiger partial charge in [-0.2, -0.15) is 13.5 Å². The number of phenolic OH excluding ortho intramolecular Hbond substituents is 2.